The highest BCUT2D eigenvalue weighted by Gasteiger charge is 2.32. The topological polar surface area (TPSA) is 67.1 Å². The van der Waals surface area contributed by atoms with E-state index in [0.29, 0.717) is 17.8 Å². The highest BCUT2D eigenvalue weighted by atomic mass is 19.4. The molecule has 0 aliphatic carbocycles. The number of hydrogen-bond acceptors (Lipinski definition) is 5. The van der Waals surface area contributed by atoms with E-state index in [4.69, 9.17) is 0 Å². The van der Waals surface area contributed by atoms with Crippen LogP contribution in [-0.2, 0) is 12.8 Å². The Morgan fingerprint density at radius 3 is 2.80 bits per heavy atom. The zero-order valence-electron chi connectivity index (χ0n) is 12.6. The number of fused-ring (bicyclic) bond motifs is 1. The molecular weight excluding hydrogens is 342 g/mol. The summed E-state index contributed by atoms with van der Waals surface area (Å²) >= 11 is 0. The number of hydrogen-bond donors (Lipinski definition) is 1. The largest absolute Gasteiger partial charge is 0.573 e. The van der Waals surface area contributed by atoms with E-state index in [-0.39, 0.29) is 17.7 Å². The van der Waals surface area contributed by atoms with Crippen LogP contribution < -0.4 is 4.74 Å². The van der Waals surface area contributed by atoms with Crippen molar-refractivity contribution >= 4 is 17.7 Å². The molecule has 1 aromatic carbocycles. The summed E-state index contributed by atoms with van der Waals surface area (Å²) in [6.45, 7) is 0. The van der Waals surface area contributed by atoms with Gasteiger partial charge >= 0.3 is 6.36 Å². The SMILES string of the molecule is O/N=C(\Cc1ccc(F)c(OC(F)(F)F)c1)c1ccnc2c1CC=N2. The van der Waals surface area contributed by atoms with Gasteiger partial charge in [-0.3, -0.25) is 0 Å². The van der Waals surface area contributed by atoms with E-state index in [9.17, 15) is 22.8 Å². The van der Waals surface area contributed by atoms with Crippen molar-refractivity contribution in [1.82, 2.24) is 4.98 Å². The number of halogens is 4. The first kappa shape index (κ1) is 16.9. The Labute approximate surface area is 139 Å². The average Bonchev–Trinajstić information content (AvgIpc) is 3.03. The first-order chi connectivity index (χ1) is 11.9. The van der Waals surface area contributed by atoms with Gasteiger partial charge in [0, 0.05) is 36.4 Å². The Kier molecular flexibility index (Phi) is 4.39. The van der Waals surface area contributed by atoms with Crippen LogP contribution in [0.4, 0.5) is 23.4 Å². The molecule has 1 aromatic heterocycles. The standard InChI is InChI=1S/C16H11F4N3O2/c17-12-2-1-9(8-14(12)25-16(18,19)20)7-13(23-24)10-3-5-21-15-11(10)4-6-22-15/h1-3,5-6,8,24H,4,7H2/b23-13+. The molecule has 130 valence electrons. The number of oxime groups is 1. The molecule has 0 amide bonds. The highest BCUT2D eigenvalue weighted by molar-refractivity contribution is 6.04. The van der Waals surface area contributed by atoms with Gasteiger partial charge < -0.3 is 9.94 Å². The van der Waals surface area contributed by atoms with Crippen molar-refractivity contribution in [3.8, 4) is 5.75 Å². The third kappa shape index (κ3) is 3.76. The first-order valence-corrected chi connectivity index (χ1v) is 7.13. The van der Waals surface area contributed by atoms with Gasteiger partial charge in [0.2, 0.25) is 0 Å². The summed E-state index contributed by atoms with van der Waals surface area (Å²) in [6, 6.07) is 4.71. The second-order valence-corrected chi connectivity index (χ2v) is 5.21. The number of rotatable bonds is 4. The minimum absolute atomic E-state index is 0.0263. The second-order valence-electron chi connectivity index (χ2n) is 5.21. The third-order valence-electron chi connectivity index (χ3n) is 3.57. The number of pyridine rings is 1. The molecule has 0 fully saturated rings. The normalized spacial score (nSPS) is 13.8. The number of ether oxygens (including phenoxy) is 1. The Morgan fingerprint density at radius 2 is 2.08 bits per heavy atom. The Bertz CT molecular complexity index is 863. The van der Waals surface area contributed by atoms with Crippen LogP contribution in [0.15, 0.2) is 40.6 Å². The maximum absolute atomic E-state index is 13.5. The summed E-state index contributed by atoms with van der Waals surface area (Å²) in [5.74, 6) is -1.58. The van der Waals surface area contributed by atoms with Gasteiger partial charge in [0.25, 0.3) is 0 Å². The quantitative estimate of drug-likeness (QED) is 0.393. The Balaban J connectivity index is 1.89. The summed E-state index contributed by atoms with van der Waals surface area (Å²) < 4.78 is 54.1. The van der Waals surface area contributed by atoms with E-state index in [1.807, 2.05) is 0 Å². The molecule has 1 N–H and O–H groups in total. The predicted molar refractivity (Wildman–Crippen MR) is 81.2 cm³/mol. The van der Waals surface area contributed by atoms with E-state index in [1.54, 1.807) is 12.3 Å². The lowest BCUT2D eigenvalue weighted by atomic mass is 9.98. The third-order valence-corrected chi connectivity index (χ3v) is 3.57. The van der Waals surface area contributed by atoms with Gasteiger partial charge in [-0.05, 0) is 23.8 Å². The number of alkyl halides is 3. The molecule has 1 aliphatic rings. The van der Waals surface area contributed by atoms with Crippen molar-refractivity contribution in [3.05, 3.63) is 53.0 Å². The molecule has 0 unspecified atom stereocenters. The summed E-state index contributed by atoms with van der Waals surface area (Å²) in [4.78, 5) is 8.16. The monoisotopic (exact) mass is 353 g/mol. The van der Waals surface area contributed by atoms with Crippen LogP contribution in [0.25, 0.3) is 0 Å². The van der Waals surface area contributed by atoms with Gasteiger partial charge in [-0.2, -0.15) is 0 Å². The summed E-state index contributed by atoms with van der Waals surface area (Å²) in [6.07, 6.45) is -1.38. The molecule has 0 radical (unpaired) electrons. The molecule has 1 aliphatic heterocycles. The molecule has 5 nitrogen and oxygen atoms in total. The van der Waals surface area contributed by atoms with Crippen molar-refractivity contribution < 1.29 is 27.5 Å². The van der Waals surface area contributed by atoms with E-state index in [1.165, 1.54) is 12.3 Å². The van der Waals surface area contributed by atoms with Crippen LogP contribution in [-0.4, -0.2) is 28.5 Å². The smallest absolute Gasteiger partial charge is 0.411 e. The second kappa shape index (κ2) is 6.50. The Morgan fingerprint density at radius 1 is 1.28 bits per heavy atom. The lowest BCUT2D eigenvalue weighted by molar-refractivity contribution is -0.275. The molecule has 0 atom stereocenters. The van der Waals surface area contributed by atoms with Gasteiger partial charge in [-0.15, -0.1) is 13.2 Å². The maximum Gasteiger partial charge on any atom is 0.573 e. The van der Waals surface area contributed by atoms with Gasteiger partial charge in [0.1, 0.15) is 0 Å². The van der Waals surface area contributed by atoms with Crippen LogP contribution in [0.2, 0.25) is 0 Å². The van der Waals surface area contributed by atoms with Gasteiger partial charge in [-0.25, -0.2) is 14.4 Å². The minimum Gasteiger partial charge on any atom is -0.411 e. The molecule has 0 bridgehead atoms. The number of benzene rings is 1. The minimum atomic E-state index is -5.00. The summed E-state index contributed by atoms with van der Waals surface area (Å²) in [5.41, 5.74) is 1.82. The molecule has 2 heterocycles. The number of nitrogens with zero attached hydrogens (tertiary/aromatic N) is 3. The van der Waals surface area contributed by atoms with E-state index in [2.05, 4.69) is 19.9 Å². The molecule has 3 rings (SSSR count). The van der Waals surface area contributed by atoms with Crippen molar-refractivity contribution in [1.29, 1.82) is 0 Å². The Hall–Kier alpha value is -2.97. The summed E-state index contributed by atoms with van der Waals surface area (Å²) in [5, 5.41) is 12.6. The zero-order valence-corrected chi connectivity index (χ0v) is 12.6. The van der Waals surface area contributed by atoms with Crippen LogP contribution in [0, 0.1) is 5.82 Å². The average molecular weight is 353 g/mol. The molecular formula is C16H11F4N3O2. The zero-order chi connectivity index (χ0) is 18.0. The predicted octanol–water partition coefficient (Wildman–Crippen LogP) is 3.80. The molecule has 2 aromatic rings. The van der Waals surface area contributed by atoms with Crippen LogP contribution in [0.5, 0.6) is 5.75 Å². The van der Waals surface area contributed by atoms with E-state index < -0.39 is 17.9 Å². The van der Waals surface area contributed by atoms with E-state index in [0.717, 1.165) is 17.7 Å². The fraction of sp³-hybridized carbons (Fsp3) is 0.188. The molecule has 25 heavy (non-hydrogen) atoms. The van der Waals surface area contributed by atoms with Crippen molar-refractivity contribution in [3.63, 3.8) is 0 Å². The summed E-state index contributed by atoms with van der Waals surface area (Å²) in [7, 11) is 0. The van der Waals surface area contributed by atoms with Crippen molar-refractivity contribution in [2.24, 2.45) is 10.1 Å². The van der Waals surface area contributed by atoms with Gasteiger partial charge in [0.05, 0.1) is 5.71 Å². The number of aromatic nitrogens is 1. The lowest BCUT2D eigenvalue weighted by Crippen LogP contribution is -2.18. The van der Waals surface area contributed by atoms with Crippen LogP contribution in [0.3, 0.4) is 0 Å². The fourth-order valence-electron chi connectivity index (χ4n) is 2.53. The molecule has 0 spiro atoms. The van der Waals surface area contributed by atoms with Crippen molar-refractivity contribution in [2.75, 3.05) is 0 Å². The number of aliphatic imine (C=N–C) groups is 1. The van der Waals surface area contributed by atoms with Crippen molar-refractivity contribution in [2.45, 2.75) is 19.2 Å². The molecule has 0 saturated carbocycles. The van der Waals surface area contributed by atoms with Gasteiger partial charge in [0.15, 0.2) is 17.4 Å². The van der Waals surface area contributed by atoms with Crippen LogP contribution >= 0.6 is 0 Å². The molecule has 0 saturated heterocycles. The highest BCUT2D eigenvalue weighted by Crippen LogP contribution is 2.29. The van der Waals surface area contributed by atoms with Crippen LogP contribution in [0.1, 0.15) is 16.7 Å². The first-order valence-electron chi connectivity index (χ1n) is 7.13. The van der Waals surface area contributed by atoms with E-state index >= 15 is 0 Å². The van der Waals surface area contributed by atoms with Gasteiger partial charge in [-0.1, -0.05) is 11.2 Å². The molecule has 9 heteroatoms. The lowest BCUT2D eigenvalue weighted by Gasteiger charge is -2.12. The maximum atomic E-state index is 13.5. The fourth-order valence-corrected chi connectivity index (χ4v) is 2.53.